The Labute approximate surface area is 184 Å². The minimum absolute atomic E-state index is 0.168. The smallest absolute Gasteiger partial charge is 0.255 e. The predicted octanol–water partition coefficient (Wildman–Crippen LogP) is 3.18. The lowest BCUT2D eigenvalue weighted by atomic mass is 10.1. The van der Waals surface area contributed by atoms with Gasteiger partial charge in [0.25, 0.3) is 5.91 Å². The van der Waals surface area contributed by atoms with E-state index in [1.54, 1.807) is 46.9 Å². The molecule has 2 aliphatic rings. The number of nitrogens with zero attached hydrogens (tertiary/aromatic N) is 3. The lowest BCUT2D eigenvalue weighted by Crippen LogP contribution is -2.35. The standard InChI is InChI=1S/C23H30N4O3S/c28-23(21-8-7-13-24-22(21)26-14-3-1-4-15-26)25-18-19-9-11-20(12-10-19)31(29,30)27-16-5-2-6-17-27/h7-13H,1-6,14-18H2,(H,25,28). The molecule has 0 unspecified atom stereocenters. The van der Waals surface area contributed by atoms with E-state index in [0.717, 1.165) is 56.6 Å². The predicted molar refractivity (Wildman–Crippen MR) is 121 cm³/mol. The van der Waals surface area contributed by atoms with E-state index in [9.17, 15) is 13.2 Å². The van der Waals surface area contributed by atoms with Gasteiger partial charge in [-0.1, -0.05) is 18.6 Å². The van der Waals surface area contributed by atoms with E-state index in [1.165, 1.54) is 6.42 Å². The topological polar surface area (TPSA) is 82.6 Å². The molecule has 7 nitrogen and oxygen atoms in total. The van der Waals surface area contributed by atoms with Crippen LogP contribution in [0.3, 0.4) is 0 Å². The average Bonchev–Trinajstić information content (AvgIpc) is 2.84. The van der Waals surface area contributed by atoms with Gasteiger partial charge in [-0.15, -0.1) is 0 Å². The number of aromatic nitrogens is 1. The van der Waals surface area contributed by atoms with Crippen LogP contribution in [0.2, 0.25) is 0 Å². The molecule has 0 aliphatic carbocycles. The van der Waals surface area contributed by atoms with Crippen molar-refractivity contribution in [2.75, 3.05) is 31.1 Å². The maximum absolute atomic E-state index is 12.8. The molecule has 0 spiro atoms. The fourth-order valence-electron chi connectivity index (χ4n) is 4.24. The van der Waals surface area contributed by atoms with E-state index in [4.69, 9.17) is 0 Å². The molecule has 0 bridgehead atoms. The summed E-state index contributed by atoms with van der Waals surface area (Å²) >= 11 is 0. The third kappa shape index (κ3) is 5.07. The van der Waals surface area contributed by atoms with E-state index in [-0.39, 0.29) is 5.91 Å². The largest absolute Gasteiger partial charge is 0.356 e. The number of sulfonamides is 1. The Morgan fingerprint density at radius 2 is 1.55 bits per heavy atom. The van der Waals surface area contributed by atoms with Crippen molar-refractivity contribution in [3.05, 3.63) is 53.7 Å². The first kappa shape index (κ1) is 21.8. The maximum atomic E-state index is 12.8. The second-order valence-electron chi connectivity index (χ2n) is 8.21. The van der Waals surface area contributed by atoms with Crippen molar-refractivity contribution >= 4 is 21.7 Å². The van der Waals surface area contributed by atoms with Gasteiger partial charge < -0.3 is 10.2 Å². The zero-order chi connectivity index (χ0) is 21.7. The summed E-state index contributed by atoms with van der Waals surface area (Å²) in [4.78, 5) is 19.8. The molecule has 0 radical (unpaired) electrons. The number of hydrogen-bond donors (Lipinski definition) is 1. The number of pyridine rings is 1. The molecule has 0 atom stereocenters. The molecule has 0 saturated carbocycles. The minimum atomic E-state index is -3.44. The molecule has 1 amide bonds. The van der Waals surface area contributed by atoms with Gasteiger partial charge in [0.2, 0.25) is 10.0 Å². The van der Waals surface area contributed by atoms with Crippen LogP contribution in [0.1, 0.15) is 54.4 Å². The molecule has 4 rings (SSSR count). The van der Waals surface area contributed by atoms with E-state index < -0.39 is 10.0 Å². The van der Waals surface area contributed by atoms with Crippen molar-refractivity contribution in [1.82, 2.24) is 14.6 Å². The normalized spacial score (nSPS) is 18.0. The second kappa shape index (κ2) is 9.78. The Bertz CT molecular complexity index is 996. The monoisotopic (exact) mass is 442 g/mol. The number of anilines is 1. The van der Waals surface area contributed by atoms with Crippen LogP contribution in [-0.4, -0.2) is 49.8 Å². The number of carbonyl (C=O) groups is 1. The maximum Gasteiger partial charge on any atom is 0.255 e. The first-order valence-electron chi connectivity index (χ1n) is 11.1. The molecular formula is C23H30N4O3S. The molecule has 31 heavy (non-hydrogen) atoms. The molecule has 2 aliphatic heterocycles. The van der Waals surface area contributed by atoms with Crippen LogP contribution in [0.5, 0.6) is 0 Å². The summed E-state index contributed by atoms with van der Waals surface area (Å²) < 4.78 is 27.1. The highest BCUT2D eigenvalue weighted by Gasteiger charge is 2.25. The Morgan fingerprint density at radius 3 is 2.23 bits per heavy atom. The number of benzene rings is 1. The van der Waals surface area contributed by atoms with Crippen LogP contribution in [0.25, 0.3) is 0 Å². The van der Waals surface area contributed by atoms with Gasteiger partial charge in [0, 0.05) is 38.9 Å². The van der Waals surface area contributed by atoms with Gasteiger partial charge in [0.1, 0.15) is 5.82 Å². The summed E-state index contributed by atoms with van der Waals surface area (Å²) in [6.45, 7) is 3.35. The second-order valence-corrected chi connectivity index (χ2v) is 10.2. The van der Waals surface area contributed by atoms with Crippen LogP contribution in [0.4, 0.5) is 5.82 Å². The van der Waals surface area contributed by atoms with Gasteiger partial charge in [-0.3, -0.25) is 4.79 Å². The van der Waals surface area contributed by atoms with Gasteiger partial charge in [-0.05, 0) is 61.9 Å². The van der Waals surface area contributed by atoms with Gasteiger partial charge in [0.05, 0.1) is 10.5 Å². The Hall–Kier alpha value is -2.45. The third-order valence-corrected chi connectivity index (χ3v) is 7.93. The van der Waals surface area contributed by atoms with Crippen molar-refractivity contribution in [3.63, 3.8) is 0 Å². The summed E-state index contributed by atoms with van der Waals surface area (Å²) in [6, 6.07) is 10.4. The van der Waals surface area contributed by atoms with E-state index >= 15 is 0 Å². The van der Waals surface area contributed by atoms with Gasteiger partial charge >= 0.3 is 0 Å². The zero-order valence-corrected chi connectivity index (χ0v) is 18.6. The molecule has 3 heterocycles. The molecule has 1 N–H and O–H groups in total. The summed E-state index contributed by atoms with van der Waals surface area (Å²) in [7, 11) is -3.44. The summed E-state index contributed by atoms with van der Waals surface area (Å²) in [5, 5.41) is 2.95. The Balaban J connectivity index is 1.40. The number of carbonyl (C=O) groups excluding carboxylic acids is 1. The molecule has 1 aromatic heterocycles. The number of amides is 1. The number of piperidine rings is 2. The molecule has 2 aromatic rings. The molecule has 2 fully saturated rings. The molecule has 1 aromatic carbocycles. The lowest BCUT2D eigenvalue weighted by molar-refractivity contribution is 0.0951. The summed E-state index contributed by atoms with van der Waals surface area (Å²) in [6.07, 6.45) is 8.08. The molecule has 166 valence electrons. The van der Waals surface area contributed by atoms with Gasteiger partial charge in [-0.2, -0.15) is 4.31 Å². The van der Waals surface area contributed by atoms with Crippen molar-refractivity contribution in [2.45, 2.75) is 50.0 Å². The van der Waals surface area contributed by atoms with Crippen molar-refractivity contribution in [2.24, 2.45) is 0 Å². The van der Waals surface area contributed by atoms with E-state index in [1.807, 2.05) is 0 Å². The highest BCUT2D eigenvalue weighted by atomic mass is 32.2. The van der Waals surface area contributed by atoms with Crippen LogP contribution in [0, 0.1) is 0 Å². The van der Waals surface area contributed by atoms with Crippen LogP contribution < -0.4 is 10.2 Å². The fourth-order valence-corrected chi connectivity index (χ4v) is 5.76. The average molecular weight is 443 g/mol. The number of hydrogen-bond acceptors (Lipinski definition) is 5. The van der Waals surface area contributed by atoms with Crippen LogP contribution >= 0.6 is 0 Å². The van der Waals surface area contributed by atoms with Crippen molar-refractivity contribution in [1.29, 1.82) is 0 Å². The van der Waals surface area contributed by atoms with Gasteiger partial charge in [0.15, 0.2) is 0 Å². The third-order valence-electron chi connectivity index (χ3n) is 6.02. The number of nitrogens with one attached hydrogen (secondary N) is 1. The van der Waals surface area contributed by atoms with E-state index in [2.05, 4.69) is 15.2 Å². The quantitative estimate of drug-likeness (QED) is 0.743. The van der Waals surface area contributed by atoms with E-state index in [0.29, 0.717) is 30.1 Å². The Morgan fingerprint density at radius 1 is 0.903 bits per heavy atom. The highest BCUT2D eigenvalue weighted by Crippen LogP contribution is 2.23. The summed E-state index contributed by atoms with van der Waals surface area (Å²) in [5.74, 6) is 0.571. The number of rotatable bonds is 6. The molecule has 2 saturated heterocycles. The minimum Gasteiger partial charge on any atom is -0.356 e. The van der Waals surface area contributed by atoms with Crippen molar-refractivity contribution in [3.8, 4) is 0 Å². The first-order valence-corrected chi connectivity index (χ1v) is 12.6. The van der Waals surface area contributed by atoms with Crippen LogP contribution in [0.15, 0.2) is 47.5 Å². The first-order chi connectivity index (χ1) is 15.1. The Kier molecular flexibility index (Phi) is 6.87. The zero-order valence-electron chi connectivity index (χ0n) is 17.8. The fraction of sp³-hybridized carbons (Fsp3) is 0.478. The molecule has 8 heteroatoms. The highest BCUT2D eigenvalue weighted by molar-refractivity contribution is 7.89. The SMILES string of the molecule is O=C(NCc1ccc(S(=O)(=O)N2CCCCC2)cc1)c1cccnc1N1CCCCC1. The van der Waals surface area contributed by atoms with Crippen molar-refractivity contribution < 1.29 is 13.2 Å². The van der Waals surface area contributed by atoms with Crippen LogP contribution in [-0.2, 0) is 16.6 Å². The lowest BCUT2D eigenvalue weighted by Gasteiger charge is -2.29. The molecular weight excluding hydrogens is 412 g/mol. The van der Waals surface area contributed by atoms with Gasteiger partial charge in [-0.25, -0.2) is 13.4 Å². The summed E-state index contributed by atoms with van der Waals surface area (Å²) in [5.41, 5.74) is 1.43.